The minimum Gasteiger partial charge on any atom is -0.327 e. The Morgan fingerprint density at radius 2 is 1.43 bits per heavy atom. The second-order valence-electron chi connectivity index (χ2n) is 7.66. The first-order chi connectivity index (χ1) is 9.88. The van der Waals surface area contributed by atoms with Crippen molar-refractivity contribution in [2.75, 3.05) is 0 Å². The zero-order valence-corrected chi connectivity index (χ0v) is 14.6. The van der Waals surface area contributed by atoms with Crippen LogP contribution in [0.2, 0.25) is 0 Å². The van der Waals surface area contributed by atoms with Gasteiger partial charge in [0.15, 0.2) is 0 Å². The van der Waals surface area contributed by atoms with Crippen molar-refractivity contribution in [1.29, 1.82) is 0 Å². The van der Waals surface area contributed by atoms with Crippen molar-refractivity contribution in [3.63, 3.8) is 0 Å². The maximum Gasteiger partial charge on any atom is 0.0108 e. The van der Waals surface area contributed by atoms with Gasteiger partial charge in [-0.15, -0.1) is 0 Å². The van der Waals surface area contributed by atoms with Crippen LogP contribution in [0.3, 0.4) is 0 Å². The number of hydrogen-bond acceptors (Lipinski definition) is 1. The minimum absolute atomic E-state index is 0.332. The van der Waals surface area contributed by atoms with Gasteiger partial charge in [0.25, 0.3) is 0 Å². The molecular formula is C20H33N. The summed E-state index contributed by atoms with van der Waals surface area (Å²) in [5.41, 5.74) is 12.3. The first-order valence-electron chi connectivity index (χ1n) is 8.70. The first kappa shape index (κ1) is 16.5. The second kappa shape index (κ2) is 6.96. The van der Waals surface area contributed by atoms with Gasteiger partial charge >= 0.3 is 0 Å². The maximum atomic E-state index is 6.58. The van der Waals surface area contributed by atoms with E-state index in [0.29, 0.717) is 6.04 Å². The van der Waals surface area contributed by atoms with Crippen LogP contribution in [0.1, 0.15) is 61.8 Å². The van der Waals surface area contributed by atoms with Gasteiger partial charge in [-0.2, -0.15) is 0 Å². The third-order valence-electron chi connectivity index (χ3n) is 5.65. The smallest absolute Gasteiger partial charge is 0.0108 e. The van der Waals surface area contributed by atoms with E-state index in [2.05, 4.69) is 46.8 Å². The Labute approximate surface area is 131 Å². The highest BCUT2D eigenvalue weighted by Gasteiger charge is 2.27. The Balaban J connectivity index is 1.98. The highest BCUT2D eigenvalue weighted by Crippen LogP contribution is 2.35. The third-order valence-corrected chi connectivity index (χ3v) is 5.65. The zero-order chi connectivity index (χ0) is 15.6. The zero-order valence-electron chi connectivity index (χ0n) is 14.6. The Morgan fingerprint density at radius 3 is 1.90 bits per heavy atom. The molecule has 0 heterocycles. The van der Waals surface area contributed by atoms with Gasteiger partial charge in [0.1, 0.15) is 0 Å². The van der Waals surface area contributed by atoms with Crippen LogP contribution in [0, 0.1) is 38.5 Å². The maximum absolute atomic E-state index is 6.58. The highest BCUT2D eigenvalue weighted by molar-refractivity contribution is 5.38. The van der Waals surface area contributed by atoms with E-state index in [0.717, 1.165) is 24.2 Å². The molecular weight excluding hydrogens is 254 g/mol. The molecule has 2 N–H and O–H groups in total. The van der Waals surface area contributed by atoms with Crippen LogP contribution in [0.5, 0.6) is 0 Å². The lowest BCUT2D eigenvalue weighted by Gasteiger charge is -2.34. The molecule has 1 saturated carbocycles. The van der Waals surface area contributed by atoms with Gasteiger partial charge in [0.05, 0.1) is 0 Å². The van der Waals surface area contributed by atoms with E-state index in [9.17, 15) is 0 Å². The van der Waals surface area contributed by atoms with Crippen molar-refractivity contribution in [2.24, 2.45) is 23.5 Å². The van der Waals surface area contributed by atoms with Crippen molar-refractivity contribution in [2.45, 2.75) is 72.8 Å². The van der Waals surface area contributed by atoms with Crippen molar-refractivity contribution >= 4 is 0 Å². The number of hydrogen-bond donors (Lipinski definition) is 1. The van der Waals surface area contributed by atoms with E-state index < -0.39 is 0 Å². The van der Waals surface area contributed by atoms with Crippen LogP contribution < -0.4 is 5.73 Å². The molecule has 1 fully saturated rings. The predicted octanol–water partition coefficient (Wildman–Crippen LogP) is 4.94. The Morgan fingerprint density at radius 1 is 0.952 bits per heavy atom. The second-order valence-corrected chi connectivity index (χ2v) is 7.66. The van der Waals surface area contributed by atoms with Gasteiger partial charge in [0, 0.05) is 6.04 Å². The summed E-state index contributed by atoms with van der Waals surface area (Å²) in [4.78, 5) is 0. The van der Waals surface area contributed by atoms with Crippen LogP contribution in [0.25, 0.3) is 0 Å². The minimum atomic E-state index is 0.332. The summed E-state index contributed by atoms with van der Waals surface area (Å²) in [5, 5.41) is 0. The molecule has 0 saturated heterocycles. The van der Waals surface area contributed by atoms with Crippen molar-refractivity contribution in [1.82, 2.24) is 0 Å². The summed E-state index contributed by atoms with van der Waals surface area (Å²) in [6.07, 6.45) is 6.46. The average Bonchev–Trinajstić information content (AvgIpc) is 2.42. The average molecular weight is 287 g/mol. The normalized spacial score (nSPS) is 24.3. The van der Waals surface area contributed by atoms with Crippen LogP contribution in [-0.2, 0) is 6.42 Å². The van der Waals surface area contributed by atoms with Gasteiger partial charge < -0.3 is 5.73 Å². The van der Waals surface area contributed by atoms with Crippen molar-refractivity contribution < 1.29 is 0 Å². The number of aryl methyl sites for hydroxylation is 3. The van der Waals surface area contributed by atoms with Gasteiger partial charge in [-0.1, -0.05) is 31.5 Å². The van der Waals surface area contributed by atoms with E-state index in [1.165, 1.54) is 47.9 Å². The third kappa shape index (κ3) is 4.10. The summed E-state index contributed by atoms with van der Waals surface area (Å²) in [6, 6.07) is 4.92. The molecule has 118 valence electrons. The molecule has 1 aliphatic carbocycles. The van der Waals surface area contributed by atoms with Gasteiger partial charge in [-0.05, 0) is 87.3 Å². The van der Waals surface area contributed by atoms with Crippen molar-refractivity contribution in [3.8, 4) is 0 Å². The largest absolute Gasteiger partial charge is 0.327 e. The highest BCUT2D eigenvalue weighted by atomic mass is 14.7. The lowest BCUT2D eigenvalue weighted by Crippen LogP contribution is -2.36. The van der Waals surface area contributed by atoms with E-state index in [1.807, 2.05) is 0 Å². The topological polar surface area (TPSA) is 26.0 Å². The van der Waals surface area contributed by atoms with E-state index in [4.69, 9.17) is 5.73 Å². The molecule has 0 aromatic heterocycles. The van der Waals surface area contributed by atoms with Gasteiger partial charge in [0.2, 0.25) is 0 Å². The summed E-state index contributed by atoms with van der Waals surface area (Å²) in [6.45, 7) is 11.4. The molecule has 0 aliphatic heterocycles. The molecule has 1 aromatic carbocycles. The fraction of sp³-hybridized carbons (Fsp3) is 0.700. The molecule has 21 heavy (non-hydrogen) atoms. The summed E-state index contributed by atoms with van der Waals surface area (Å²) < 4.78 is 0. The Hall–Kier alpha value is -0.820. The fourth-order valence-corrected chi connectivity index (χ4v) is 4.17. The van der Waals surface area contributed by atoms with Crippen LogP contribution in [0.15, 0.2) is 12.1 Å². The quantitative estimate of drug-likeness (QED) is 0.833. The SMILES string of the molecule is Cc1cc(C)c(CC(N)C2CCC(C(C)C)CC2)c(C)c1. The number of nitrogens with two attached hydrogens (primary N) is 1. The van der Waals surface area contributed by atoms with Gasteiger partial charge in [-0.25, -0.2) is 0 Å². The van der Waals surface area contributed by atoms with E-state index in [1.54, 1.807) is 0 Å². The van der Waals surface area contributed by atoms with E-state index in [-0.39, 0.29) is 0 Å². The first-order valence-corrected chi connectivity index (χ1v) is 8.70. The predicted molar refractivity (Wildman–Crippen MR) is 92.6 cm³/mol. The molecule has 1 unspecified atom stereocenters. The molecule has 1 aliphatic rings. The van der Waals surface area contributed by atoms with Crippen molar-refractivity contribution in [3.05, 3.63) is 34.4 Å². The Bertz CT molecular complexity index is 444. The van der Waals surface area contributed by atoms with Crippen LogP contribution >= 0.6 is 0 Å². The molecule has 1 nitrogen and oxygen atoms in total. The molecule has 0 radical (unpaired) electrons. The molecule has 1 atom stereocenters. The molecule has 1 aromatic rings. The molecule has 0 bridgehead atoms. The Kier molecular flexibility index (Phi) is 5.48. The van der Waals surface area contributed by atoms with Gasteiger partial charge in [-0.3, -0.25) is 0 Å². The number of benzene rings is 1. The van der Waals surface area contributed by atoms with Crippen LogP contribution in [-0.4, -0.2) is 6.04 Å². The summed E-state index contributed by atoms with van der Waals surface area (Å²) >= 11 is 0. The lowest BCUT2D eigenvalue weighted by atomic mass is 9.73. The fourth-order valence-electron chi connectivity index (χ4n) is 4.17. The standard InChI is InChI=1S/C20H33N/c1-13(2)17-6-8-18(9-7-17)20(21)12-19-15(4)10-14(3)11-16(19)5/h10-11,13,17-18,20H,6-9,12,21H2,1-5H3. The molecule has 2 rings (SSSR count). The summed E-state index contributed by atoms with van der Waals surface area (Å²) in [5.74, 6) is 2.49. The summed E-state index contributed by atoms with van der Waals surface area (Å²) in [7, 11) is 0. The molecule has 1 heteroatoms. The van der Waals surface area contributed by atoms with E-state index >= 15 is 0 Å². The lowest BCUT2D eigenvalue weighted by molar-refractivity contribution is 0.202. The molecule has 0 spiro atoms. The molecule has 0 amide bonds. The number of rotatable bonds is 4. The van der Waals surface area contributed by atoms with Crippen LogP contribution in [0.4, 0.5) is 0 Å². The monoisotopic (exact) mass is 287 g/mol.